The Morgan fingerprint density at radius 1 is 1.21 bits per heavy atom. The van der Waals surface area contributed by atoms with Gasteiger partial charge in [-0.3, -0.25) is 19.3 Å². The number of hydrogen-bond donors (Lipinski definition) is 1. The molecular formula is C20H17ClN2O4S. The highest BCUT2D eigenvalue weighted by molar-refractivity contribution is 8.18. The zero-order valence-electron chi connectivity index (χ0n) is 15.0. The Morgan fingerprint density at radius 3 is 2.61 bits per heavy atom. The van der Waals surface area contributed by atoms with Gasteiger partial charge in [-0.25, -0.2) is 0 Å². The van der Waals surface area contributed by atoms with E-state index in [1.54, 1.807) is 18.2 Å². The summed E-state index contributed by atoms with van der Waals surface area (Å²) < 4.78 is 5.36. The number of aryl methyl sites for hydroxylation is 1. The van der Waals surface area contributed by atoms with Gasteiger partial charge in [0, 0.05) is 10.6 Å². The smallest absolute Gasteiger partial charge is 0.293 e. The molecule has 1 aliphatic heterocycles. The maximum atomic E-state index is 12.7. The van der Waals surface area contributed by atoms with Crippen molar-refractivity contribution in [2.75, 3.05) is 6.61 Å². The van der Waals surface area contributed by atoms with Crippen molar-refractivity contribution < 1.29 is 19.1 Å². The molecule has 1 heterocycles. The van der Waals surface area contributed by atoms with Gasteiger partial charge in [-0.2, -0.15) is 0 Å². The number of nitrogens with two attached hydrogens (primary N) is 1. The topological polar surface area (TPSA) is 89.7 Å². The molecule has 3 rings (SSSR count). The van der Waals surface area contributed by atoms with Crippen LogP contribution in [0.25, 0.3) is 6.08 Å². The highest BCUT2D eigenvalue weighted by atomic mass is 35.5. The number of carbonyl (C=O) groups is 3. The van der Waals surface area contributed by atoms with Crippen LogP contribution in [0.1, 0.15) is 16.7 Å². The summed E-state index contributed by atoms with van der Waals surface area (Å²) in [7, 11) is 0. The molecule has 0 aromatic heterocycles. The number of benzene rings is 2. The third kappa shape index (κ3) is 4.74. The van der Waals surface area contributed by atoms with Gasteiger partial charge in [0.1, 0.15) is 5.75 Å². The molecular weight excluding hydrogens is 400 g/mol. The molecule has 0 unspecified atom stereocenters. The van der Waals surface area contributed by atoms with Crippen LogP contribution < -0.4 is 10.5 Å². The van der Waals surface area contributed by atoms with Gasteiger partial charge >= 0.3 is 0 Å². The Kier molecular flexibility index (Phi) is 6.06. The maximum absolute atomic E-state index is 12.7. The normalized spacial score (nSPS) is 15.4. The number of hydrogen-bond acceptors (Lipinski definition) is 5. The Morgan fingerprint density at radius 2 is 1.93 bits per heavy atom. The van der Waals surface area contributed by atoms with Crippen molar-refractivity contribution in [3.05, 3.63) is 69.1 Å². The molecule has 0 bridgehead atoms. The van der Waals surface area contributed by atoms with Crippen molar-refractivity contribution in [1.82, 2.24) is 4.90 Å². The molecule has 1 aliphatic rings. The van der Waals surface area contributed by atoms with Crippen molar-refractivity contribution in [2.24, 2.45) is 5.73 Å². The van der Waals surface area contributed by atoms with Gasteiger partial charge in [0.15, 0.2) is 6.61 Å². The summed E-state index contributed by atoms with van der Waals surface area (Å²) in [5, 5.41) is 0.0787. The molecule has 6 nitrogen and oxygen atoms in total. The van der Waals surface area contributed by atoms with Crippen molar-refractivity contribution in [2.45, 2.75) is 13.5 Å². The van der Waals surface area contributed by atoms with Crippen molar-refractivity contribution in [3.63, 3.8) is 0 Å². The van der Waals surface area contributed by atoms with Crippen LogP contribution in [0.15, 0.2) is 47.4 Å². The number of halogens is 1. The molecule has 0 atom stereocenters. The van der Waals surface area contributed by atoms with E-state index < -0.39 is 11.8 Å². The minimum atomic E-state index is -0.626. The van der Waals surface area contributed by atoms with Crippen LogP contribution in [0.2, 0.25) is 5.02 Å². The standard InChI is InChI=1S/C20H17ClN2O4S/c1-12-2-4-13(5-3-12)10-23-19(25)17(28-20(23)26)9-14-8-15(21)6-7-16(14)27-11-18(22)24/h2-9H,10-11H2,1H3,(H2,22,24)/b17-9-. The van der Waals surface area contributed by atoms with Crippen LogP contribution in [-0.2, 0) is 16.1 Å². The molecule has 0 radical (unpaired) electrons. The zero-order chi connectivity index (χ0) is 20.3. The van der Waals surface area contributed by atoms with Crippen LogP contribution >= 0.6 is 23.4 Å². The number of thioether (sulfide) groups is 1. The average molecular weight is 417 g/mol. The lowest BCUT2D eigenvalue weighted by molar-refractivity contribution is -0.123. The lowest BCUT2D eigenvalue weighted by Crippen LogP contribution is -2.27. The van der Waals surface area contributed by atoms with Crippen molar-refractivity contribution >= 4 is 46.5 Å². The lowest BCUT2D eigenvalue weighted by atomic mass is 10.1. The fourth-order valence-electron chi connectivity index (χ4n) is 2.57. The van der Waals surface area contributed by atoms with E-state index in [4.69, 9.17) is 22.1 Å². The summed E-state index contributed by atoms with van der Waals surface area (Å²) in [5.74, 6) is -0.677. The summed E-state index contributed by atoms with van der Waals surface area (Å²) in [4.78, 5) is 37.5. The predicted molar refractivity (Wildman–Crippen MR) is 109 cm³/mol. The molecule has 1 saturated heterocycles. The van der Waals surface area contributed by atoms with E-state index in [1.165, 1.54) is 11.0 Å². The van der Waals surface area contributed by atoms with Gasteiger partial charge in [0.05, 0.1) is 11.4 Å². The molecule has 2 aromatic rings. The number of primary amides is 1. The Bertz CT molecular complexity index is 973. The monoisotopic (exact) mass is 416 g/mol. The number of carbonyl (C=O) groups excluding carboxylic acids is 3. The summed E-state index contributed by atoms with van der Waals surface area (Å²) in [6, 6.07) is 12.4. The van der Waals surface area contributed by atoms with Gasteiger partial charge in [-0.15, -0.1) is 0 Å². The number of nitrogens with zero attached hydrogens (tertiary/aromatic N) is 1. The number of rotatable bonds is 6. The fourth-order valence-corrected chi connectivity index (χ4v) is 3.58. The maximum Gasteiger partial charge on any atom is 0.293 e. The zero-order valence-corrected chi connectivity index (χ0v) is 16.5. The number of amides is 3. The van der Waals surface area contributed by atoms with Gasteiger partial charge in [0.2, 0.25) is 0 Å². The Balaban J connectivity index is 1.84. The summed E-state index contributed by atoms with van der Waals surface area (Å²) in [5.41, 5.74) is 7.55. The summed E-state index contributed by atoms with van der Waals surface area (Å²) in [6.07, 6.45) is 1.53. The van der Waals surface area contributed by atoms with Crippen LogP contribution in [-0.4, -0.2) is 28.6 Å². The first-order chi connectivity index (χ1) is 13.3. The van der Waals surface area contributed by atoms with Gasteiger partial charge in [-0.1, -0.05) is 41.4 Å². The highest BCUT2D eigenvalue weighted by Crippen LogP contribution is 2.35. The molecule has 3 amide bonds. The molecule has 0 saturated carbocycles. The van der Waals surface area contributed by atoms with E-state index in [0.29, 0.717) is 16.3 Å². The number of ether oxygens (including phenoxy) is 1. The summed E-state index contributed by atoms with van der Waals surface area (Å²) >= 11 is 6.88. The molecule has 144 valence electrons. The largest absolute Gasteiger partial charge is 0.483 e. The number of imide groups is 1. The minimum absolute atomic E-state index is 0.197. The molecule has 0 aliphatic carbocycles. The first kappa shape index (κ1) is 20.0. The van der Waals surface area contributed by atoms with E-state index in [0.717, 1.165) is 22.9 Å². The van der Waals surface area contributed by atoms with Crippen LogP contribution in [0.3, 0.4) is 0 Å². The van der Waals surface area contributed by atoms with Gasteiger partial charge in [0.25, 0.3) is 17.1 Å². The molecule has 28 heavy (non-hydrogen) atoms. The van der Waals surface area contributed by atoms with Crippen LogP contribution in [0.4, 0.5) is 4.79 Å². The van der Waals surface area contributed by atoms with E-state index in [9.17, 15) is 14.4 Å². The van der Waals surface area contributed by atoms with E-state index in [2.05, 4.69) is 0 Å². The van der Waals surface area contributed by atoms with Crippen LogP contribution in [0, 0.1) is 6.92 Å². The second-order valence-corrected chi connectivity index (χ2v) is 7.62. The van der Waals surface area contributed by atoms with E-state index in [1.807, 2.05) is 31.2 Å². The van der Waals surface area contributed by atoms with Gasteiger partial charge < -0.3 is 10.5 Å². The average Bonchev–Trinajstić information content (AvgIpc) is 2.90. The SMILES string of the molecule is Cc1ccc(CN2C(=O)S/C(=C\c3cc(Cl)ccc3OCC(N)=O)C2=O)cc1. The van der Waals surface area contributed by atoms with E-state index >= 15 is 0 Å². The lowest BCUT2D eigenvalue weighted by Gasteiger charge is -2.12. The third-order valence-corrected chi connectivity index (χ3v) is 5.11. The predicted octanol–water partition coefficient (Wildman–Crippen LogP) is 3.75. The molecule has 2 aromatic carbocycles. The fraction of sp³-hybridized carbons (Fsp3) is 0.150. The third-order valence-electron chi connectivity index (χ3n) is 3.96. The first-order valence-electron chi connectivity index (χ1n) is 8.35. The second-order valence-electron chi connectivity index (χ2n) is 6.19. The Hall–Kier alpha value is -2.77. The highest BCUT2D eigenvalue weighted by Gasteiger charge is 2.35. The van der Waals surface area contributed by atoms with Gasteiger partial charge in [-0.05, 0) is 48.5 Å². The molecule has 1 fully saturated rings. The molecule has 2 N–H and O–H groups in total. The van der Waals surface area contributed by atoms with Crippen molar-refractivity contribution in [3.8, 4) is 5.75 Å². The Labute approximate surface area is 171 Å². The first-order valence-corrected chi connectivity index (χ1v) is 9.54. The quantitative estimate of drug-likeness (QED) is 0.724. The molecule has 0 spiro atoms. The second kappa shape index (κ2) is 8.50. The van der Waals surface area contributed by atoms with E-state index in [-0.39, 0.29) is 23.3 Å². The van der Waals surface area contributed by atoms with Crippen molar-refractivity contribution in [1.29, 1.82) is 0 Å². The minimum Gasteiger partial charge on any atom is -0.483 e. The molecule has 8 heteroatoms. The summed E-state index contributed by atoms with van der Waals surface area (Å²) in [6.45, 7) is 1.86. The van der Waals surface area contributed by atoms with Crippen LogP contribution in [0.5, 0.6) is 5.75 Å².